The number of carbonyl (C=O) groups is 1. The fourth-order valence-electron chi connectivity index (χ4n) is 3.81. The van der Waals surface area contributed by atoms with Crippen molar-refractivity contribution < 1.29 is 4.79 Å². The van der Waals surface area contributed by atoms with Crippen LogP contribution in [0.4, 0.5) is 0 Å². The molecule has 0 unspecified atom stereocenters. The molecule has 0 radical (unpaired) electrons. The number of carbonyl (C=O) groups excluding carboxylic acids is 1. The van der Waals surface area contributed by atoms with Gasteiger partial charge in [-0.15, -0.1) is 0 Å². The number of rotatable bonds is 3. The number of H-pyrrole nitrogens is 1. The Morgan fingerprint density at radius 2 is 1.92 bits per heavy atom. The third-order valence-electron chi connectivity index (χ3n) is 5.22. The molecule has 0 aliphatic carbocycles. The maximum atomic E-state index is 13.0. The molecule has 2 atom stereocenters. The fraction of sp³-hybridized carbons (Fsp3) is 0.286. The van der Waals surface area contributed by atoms with E-state index in [2.05, 4.69) is 36.2 Å². The Morgan fingerprint density at radius 3 is 2.76 bits per heavy atom. The summed E-state index contributed by atoms with van der Waals surface area (Å²) in [6.07, 6.45) is 3.40. The summed E-state index contributed by atoms with van der Waals surface area (Å²) >= 11 is 0. The second kappa shape index (κ2) is 6.37. The van der Waals surface area contributed by atoms with E-state index in [-0.39, 0.29) is 11.9 Å². The van der Waals surface area contributed by atoms with Crippen molar-refractivity contribution in [1.29, 1.82) is 0 Å². The number of benzene rings is 2. The first-order valence-electron chi connectivity index (χ1n) is 8.81. The maximum absolute atomic E-state index is 13.0. The summed E-state index contributed by atoms with van der Waals surface area (Å²) in [7, 11) is 0. The maximum Gasteiger partial charge on any atom is 0.240 e. The van der Waals surface area contributed by atoms with Gasteiger partial charge in [0.2, 0.25) is 5.91 Å². The van der Waals surface area contributed by atoms with Gasteiger partial charge in [-0.2, -0.15) is 0 Å². The Hall–Kier alpha value is -2.59. The normalized spacial score (nSPS) is 18.2. The molecule has 0 fully saturated rings. The largest absolute Gasteiger partial charge is 0.361 e. The van der Waals surface area contributed by atoms with Crippen molar-refractivity contribution in [2.24, 2.45) is 5.73 Å². The van der Waals surface area contributed by atoms with Crippen LogP contribution in [0.15, 0.2) is 54.7 Å². The van der Waals surface area contributed by atoms with Gasteiger partial charge in [0.15, 0.2) is 0 Å². The minimum Gasteiger partial charge on any atom is -0.361 e. The van der Waals surface area contributed by atoms with Crippen LogP contribution in [0, 0.1) is 0 Å². The minimum atomic E-state index is -0.521. The zero-order valence-electron chi connectivity index (χ0n) is 14.4. The predicted molar refractivity (Wildman–Crippen MR) is 100 cm³/mol. The molecule has 2 aromatic carbocycles. The summed E-state index contributed by atoms with van der Waals surface area (Å²) in [4.78, 5) is 18.2. The summed E-state index contributed by atoms with van der Waals surface area (Å²) in [6.45, 7) is 2.75. The van der Waals surface area contributed by atoms with Crippen LogP contribution in [0.3, 0.4) is 0 Å². The summed E-state index contributed by atoms with van der Waals surface area (Å²) in [5.74, 6) is 0.0345. The molecule has 25 heavy (non-hydrogen) atoms. The molecular formula is C21H23N3O. The van der Waals surface area contributed by atoms with E-state index in [1.807, 2.05) is 35.4 Å². The number of nitrogens with one attached hydrogen (secondary N) is 1. The van der Waals surface area contributed by atoms with Crippen LogP contribution in [-0.2, 0) is 24.2 Å². The summed E-state index contributed by atoms with van der Waals surface area (Å²) in [6, 6.07) is 16.1. The van der Waals surface area contributed by atoms with Crippen LogP contribution in [0.25, 0.3) is 10.9 Å². The number of fused-ring (bicyclic) bond motifs is 2. The lowest BCUT2D eigenvalue weighted by molar-refractivity contribution is -0.135. The summed E-state index contributed by atoms with van der Waals surface area (Å²) in [5, 5.41) is 1.14. The monoisotopic (exact) mass is 333 g/mol. The van der Waals surface area contributed by atoms with E-state index in [9.17, 15) is 4.79 Å². The number of aromatic nitrogens is 1. The van der Waals surface area contributed by atoms with Crippen LogP contribution < -0.4 is 5.73 Å². The van der Waals surface area contributed by atoms with Crippen molar-refractivity contribution in [3.63, 3.8) is 0 Å². The van der Waals surface area contributed by atoms with Gasteiger partial charge in [0.25, 0.3) is 0 Å². The quantitative estimate of drug-likeness (QED) is 0.774. The standard InChI is InChI=1S/C21H23N3O/c1-14-10-15-6-2-3-7-16(15)13-24(14)21(25)19(22)11-17-12-23-20-9-5-4-8-18(17)20/h2-9,12,14,19,23H,10-11,13,22H2,1H3/t14-,19+/m1/s1. The van der Waals surface area contributed by atoms with E-state index >= 15 is 0 Å². The van der Waals surface area contributed by atoms with E-state index in [0.29, 0.717) is 13.0 Å². The van der Waals surface area contributed by atoms with E-state index in [0.717, 1.165) is 22.9 Å². The predicted octanol–water partition coefficient (Wildman–Crippen LogP) is 3.01. The van der Waals surface area contributed by atoms with Crippen molar-refractivity contribution in [3.8, 4) is 0 Å². The van der Waals surface area contributed by atoms with Crippen LogP contribution in [0.2, 0.25) is 0 Å². The third-order valence-corrected chi connectivity index (χ3v) is 5.22. The summed E-state index contributed by atoms with van der Waals surface area (Å²) < 4.78 is 0. The van der Waals surface area contributed by atoms with Gasteiger partial charge in [0.05, 0.1) is 6.04 Å². The Morgan fingerprint density at radius 1 is 1.20 bits per heavy atom. The number of nitrogens with two attached hydrogens (primary N) is 1. The molecule has 3 aromatic rings. The molecule has 0 bridgehead atoms. The average Bonchev–Trinajstić information content (AvgIpc) is 3.03. The fourth-order valence-corrected chi connectivity index (χ4v) is 3.81. The first-order valence-corrected chi connectivity index (χ1v) is 8.81. The molecule has 0 saturated heterocycles. The number of nitrogens with zero attached hydrogens (tertiary/aromatic N) is 1. The van der Waals surface area contributed by atoms with Gasteiger partial charge >= 0.3 is 0 Å². The van der Waals surface area contributed by atoms with E-state index in [1.54, 1.807) is 0 Å². The lowest BCUT2D eigenvalue weighted by Crippen LogP contribution is -2.50. The Bertz CT molecular complexity index is 914. The zero-order chi connectivity index (χ0) is 17.4. The third kappa shape index (κ3) is 2.94. The van der Waals surface area contributed by atoms with Gasteiger partial charge in [0, 0.05) is 29.7 Å². The van der Waals surface area contributed by atoms with Crippen LogP contribution >= 0.6 is 0 Å². The lowest BCUT2D eigenvalue weighted by Gasteiger charge is -2.36. The SMILES string of the molecule is C[C@@H]1Cc2ccccc2CN1C(=O)[C@@H](N)Cc1c[nH]c2ccccc12. The lowest BCUT2D eigenvalue weighted by atomic mass is 9.93. The molecule has 0 saturated carbocycles. The molecule has 128 valence electrons. The van der Waals surface area contributed by atoms with Crippen molar-refractivity contribution in [2.45, 2.75) is 38.4 Å². The molecule has 3 N–H and O–H groups in total. The molecule has 1 aliphatic rings. The second-order valence-electron chi connectivity index (χ2n) is 6.96. The highest BCUT2D eigenvalue weighted by molar-refractivity contribution is 5.86. The Kier molecular flexibility index (Phi) is 4.06. The number of hydrogen-bond donors (Lipinski definition) is 2. The topological polar surface area (TPSA) is 62.1 Å². The Labute approximate surface area is 147 Å². The van der Waals surface area contributed by atoms with Gasteiger partial charge < -0.3 is 15.6 Å². The average molecular weight is 333 g/mol. The van der Waals surface area contributed by atoms with Crippen LogP contribution in [0.1, 0.15) is 23.6 Å². The van der Waals surface area contributed by atoms with E-state index < -0.39 is 6.04 Å². The molecule has 1 amide bonds. The molecule has 1 aliphatic heterocycles. The first-order chi connectivity index (χ1) is 12.1. The first kappa shape index (κ1) is 15.9. The number of amides is 1. The van der Waals surface area contributed by atoms with Crippen molar-refractivity contribution in [2.75, 3.05) is 0 Å². The molecule has 4 rings (SSSR count). The Balaban J connectivity index is 1.52. The summed E-state index contributed by atoms with van der Waals surface area (Å²) in [5.41, 5.74) is 11.1. The van der Waals surface area contributed by atoms with Gasteiger partial charge in [-0.25, -0.2) is 0 Å². The smallest absolute Gasteiger partial charge is 0.240 e. The van der Waals surface area contributed by atoms with Crippen LogP contribution in [0.5, 0.6) is 0 Å². The van der Waals surface area contributed by atoms with Gasteiger partial charge in [-0.3, -0.25) is 4.79 Å². The molecule has 4 nitrogen and oxygen atoms in total. The molecule has 2 heterocycles. The van der Waals surface area contributed by atoms with E-state index in [4.69, 9.17) is 5.73 Å². The van der Waals surface area contributed by atoms with E-state index in [1.165, 1.54) is 11.1 Å². The van der Waals surface area contributed by atoms with Crippen LogP contribution in [-0.4, -0.2) is 27.9 Å². The van der Waals surface area contributed by atoms with Gasteiger partial charge in [0.1, 0.15) is 0 Å². The number of para-hydroxylation sites is 1. The van der Waals surface area contributed by atoms with Crippen molar-refractivity contribution >= 4 is 16.8 Å². The highest BCUT2D eigenvalue weighted by Gasteiger charge is 2.30. The van der Waals surface area contributed by atoms with Crippen molar-refractivity contribution in [1.82, 2.24) is 9.88 Å². The number of aromatic amines is 1. The highest BCUT2D eigenvalue weighted by Crippen LogP contribution is 2.24. The van der Waals surface area contributed by atoms with Gasteiger partial charge in [-0.1, -0.05) is 42.5 Å². The molecular weight excluding hydrogens is 310 g/mol. The highest BCUT2D eigenvalue weighted by atomic mass is 16.2. The van der Waals surface area contributed by atoms with Gasteiger partial charge in [-0.05, 0) is 42.5 Å². The minimum absolute atomic E-state index is 0.0345. The number of hydrogen-bond acceptors (Lipinski definition) is 2. The zero-order valence-corrected chi connectivity index (χ0v) is 14.4. The molecule has 0 spiro atoms. The molecule has 1 aromatic heterocycles. The van der Waals surface area contributed by atoms with Crippen molar-refractivity contribution in [3.05, 3.63) is 71.4 Å². The molecule has 4 heteroatoms. The second-order valence-corrected chi connectivity index (χ2v) is 6.96.